The zero-order valence-corrected chi connectivity index (χ0v) is 15.1. The molecule has 0 unspecified atom stereocenters. The van der Waals surface area contributed by atoms with Crippen LogP contribution >= 0.6 is 0 Å². The van der Waals surface area contributed by atoms with Gasteiger partial charge in [0.1, 0.15) is 12.1 Å². The highest BCUT2D eigenvalue weighted by atomic mass is 16.4. The predicted molar refractivity (Wildman–Crippen MR) is 93.2 cm³/mol. The highest BCUT2D eigenvalue weighted by molar-refractivity contribution is 5.92. The van der Waals surface area contributed by atoms with Gasteiger partial charge in [0, 0.05) is 19.3 Å². The summed E-state index contributed by atoms with van der Waals surface area (Å²) in [4.78, 5) is 67.9. The molecule has 0 aliphatic heterocycles. The van der Waals surface area contributed by atoms with Crippen LogP contribution in [0.5, 0.6) is 0 Å². The number of carboxylic acid groups (broad SMARTS) is 2. The summed E-state index contributed by atoms with van der Waals surface area (Å²) >= 11 is 0. The topological polar surface area (TPSA) is 245 Å². The quantitative estimate of drug-likeness (QED) is 0.154. The van der Waals surface area contributed by atoms with E-state index in [-0.39, 0.29) is 38.5 Å². The van der Waals surface area contributed by atoms with Crippen LogP contribution < -0.4 is 27.8 Å². The third-order valence-corrected chi connectivity index (χ3v) is 3.61. The number of carboxylic acids is 2. The van der Waals surface area contributed by atoms with Gasteiger partial charge in [0.15, 0.2) is 0 Å². The Labute approximate surface area is 160 Å². The molecule has 13 nitrogen and oxygen atoms in total. The molecule has 0 bridgehead atoms. The van der Waals surface area contributed by atoms with E-state index < -0.39 is 53.7 Å². The maximum atomic E-state index is 12.3. The molecule has 0 rings (SSSR count). The summed E-state index contributed by atoms with van der Waals surface area (Å²) in [6, 6.07) is -4.02. The molecule has 0 heterocycles. The third-order valence-electron chi connectivity index (χ3n) is 3.61. The van der Waals surface area contributed by atoms with Gasteiger partial charge in [0.2, 0.25) is 23.6 Å². The maximum absolute atomic E-state index is 12.3. The van der Waals surface area contributed by atoms with Gasteiger partial charge in [-0.3, -0.25) is 24.0 Å². The summed E-state index contributed by atoms with van der Waals surface area (Å²) < 4.78 is 0. The molecule has 0 aromatic carbocycles. The number of nitrogens with one attached hydrogen (secondary N) is 2. The Hall–Kier alpha value is -3.22. The Kier molecular flexibility index (Phi) is 10.8. The standard InChI is InChI=1S/C15H25N5O8/c16-7(1-6-12(23)24)13(25)19-8(2-4-10(17)21)14(26)20-9(15(27)28)3-5-11(18)22/h7-9H,1-6,16H2,(H2,17,21)(H2,18,22)(H,19,25)(H,20,26)(H,23,24)(H,27,28)/t7-,8-,9-/m0/s1. The second-order valence-corrected chi connectivity index (χ2v) is 6.01. The second kappa shape index (κ2) is 12.2. The molecule has 0 aromatic heterocycles. The predicted octanol–water partition coefficient (Wildman–Crippen LogP) is -3.24. The van der Waals surface area contributed by atoms with Crippen molar-refractivity contribution in [2.24, 2.45) is 17.2 Å². The van der Waals surface area contributed by atoms with E-state index in [0.717, 1.165) is 0 Å². The Balaban J connectivity index is 5.08. The number of amides is 4. The molecule has 158 valence electrons. The van der Waals surface area contributed by atoms with E-state index in [1.807, 2.05) is 0 Å². The monoisotopic (exact) mass is 403 g/mol. The van der Waals surface area contributed by atoms with Gasteiger partial charge in [-0.05, 0) is 19.3 Å². The van der Waals surface area contributed by atoms with Crippen molar-refractivity contribution in [1.29, 1.82) is 0 Å². The normalized spacial score (nSPS) is 13.6. The molecule has 0 saturated heterocycles. The number of hydrogen-bond donors (Lipinski definition) is 7. The van der Waals surface area contributed by atoms with Crippen LogP contribution in [0.1, 0.15) is 38.5 Å². The third kappa shape index (κ3) is 10.7. The van der Waals surface area contributed by atoms with Crippen molar-refractivity contribution in [2.45, 2.75) is 56.7 Å². The molecule has 0 fully saturated rings. The van der Waals surface area contributed by atoms with E-state index in [2.05, 4.69) is 10.6 Å². The smallest absolute Gasteiger partial charge is 0.326 e. The molecule has 0 saturated carbocycles. The molecule has 0 spiro atoms. The average Bonchev–Trinajstić information content (AvgIpc) is 2.58. The molecule has 13 heteroatoms. The molecule has 10 N–H and O–H groups in total. The summed E-state index contributed by atoms with van der Waals surface area (Å²) in [6.07, 6.45) is -1.66. The van der Waals surface area contributed by atoms with Gasteiger partial charge < -0.3 is 38.0 Å². The first-order valence-corrected chi connectivity index (χ1v) is 8.31. The van der Waals surface area contributed by atoms with Crippen molar-refractivity contribution < 1.29 is 39.0 Å². The van der Waals surface area contributed by atoms with Crippen molar-refractivity contribution in [3.8, 4) is 0 Å². The van der Waals surface area contributed by atoms with Crippen molar-refractivity contribution in [2.75, 3.05) is 0 Å². The number of primary amides is 2. The average molecular weight is 403 g/mol. The van der Waals surface area contributed by atoms with Gasteiger partial charge in [0.25, 0.3) is 0 Å². The zero-order chi connectivity index (χ0) is 21.9. The van der Waals surface area contributed by atoms with Crippen LogP contribution in [0.4, 0.5) is 0 Å². The summed E-state index contributed by atoms with van der Waals surface area (Å²) in [7, 11) is 0. The molecule has 0 aromatic rings. The summed E-state index contributed by atoms with van der Waals surface area (Å²) in [6.45, 7) is 0. The number of nitrogens with two attached hydrogens (primary N) is 3. The molecule has 3 atom stereocenters. The van der Waals surface area contributed by atoms with Crippen LogP contribution in [-0.2, 0) is 28.8 Å². The number of aliphatic carboxylic acids is 2. The van der Waals surface area contributed by atoms with Crippen molar-refractivity contribution in [3.05, 3.63) is 0 Å². The van der Waals surface area contributed by atoms with Gasteiger partial charge in [-0.1, -0.05) is 0 Å². The summed E-state index contributed by atoms with van der Waals surface area (Å²) in [5.74, 6) is -5.89. The lowest BCUT2D eigenvalue weighted by Gasteiger charge is -2.22. The van der Waals surface area contributed by atoms with Gasteiger partial charge in [0.05, 0.1) is 6.04 Å². The Morgan fingerprint density at radius 2 is 1.18 bits per heavy atom. The van der Waals surface area contributed by atoms with Crippen LogP contribution in [0, 0.1) is 0 Å². The van der Waals surface area contributed by atoms with Crippen LogP contribution in [0.25, 0.3) is 0 Å². The minimum atomic E-state index is -1.45. The molecule has 0 radical (unpaired) electrons. The number of rotatable bonds is 14. The summed E-state index contributed by atoms with van der Waals surface area (Å²) in [5.41, 5.74) is 15.5. The van der Waals surface area contributed by atoms with Gasteiger partial charge in [-0.25, -0.2) is 4.79 Å². The van der Waals surface area contributed by atoms with E-state index in [1.165, 1.54) is 0 Å². The molecule has 4 amide bonds. The van der Waals surface area contributed by atoms with Crippen LogP contribution in [0.3, 0.4) is 0 Å². The van der Waals surface area contributed by atoms with Crippen LogP contribution in [0.2, 0.25) is 0 Å². The Morgan fingerprint density at radius 1 is 0.714 bits per heavy atom. The SMILES string of the molecule is NC(=O)CC[C@H](NC(=O)[C@H](CCC(N)=O)NC(=O)[C@@H](N)CCC(=O)O)C(=O)O. The molecule has 0 aliphatic rings. The Bertz CT molecular complexity index is 624. The maximum Gasteiger partial charge on any atom is 0.326 e. The van der Waals surface area contributed by atoms with E-state index in [4.69, 9.17) is 27.4 Å². The lowest BCUT2D eigenvalue weighted by molar-refractivity contribution is -0.142. The molecular formula is C15H25N5O8. The van der Waals surface area contributed by atoms with Crippen LogP contribution in [-0.4, -0.2) is 63.9 Å². The first-order chi connectivity index (χ1) is 12.9. The van der Waals surface area contributed by atoms with Crippen LogP contribution in [0.15, 0.2) is 0 Å². The molecular weight excluding hydrogens is 378 g/mol. The van der Waals surface area contributed by atoms with Crippen molar-refractivity contribution in [3.63, 3.8) is 0 Å². The fraction of sp³-hybridized carbons (Fsp3) is 0.600. The minimum absolute atomic E-state index is 0.193. The first kappa shape index (κ1) is 24.8. The second-order valence-electron chi connectivity index (χ2n) is 6.01. The van der Waals surface area contributed by atoms with Gasteiger partial charge in [-0.2, -0.15) is 0 Å². The Morgan fingerprint density at radius 3 is 1.61 bits per heavy atom. The number of carbonyl (C=O) groups excluding carboxylic acids is 4. The lowest BCUT2D eigenvalue weighted by atomic mass is 10.1. The molecule has 28 heavy (non-hydrogen) atoms. The zero-order valence-electron chi connectivity index (χ0n) is 15.1. The van der Waals surface area contributed by atoms with Gasteiger partial charge >= 0.3 is 11.9 Å². The molecule has 0 aliphatic carbocycles. The van der Waals surface area contributed by atoms with E-state index >= 15 is 0 Å². The fourth-order valence-electron chi connectivity index (χ4n) is 2.06. The van der Waals surface area contributed by atoms with E-state index in [9.17, 15) is 28.8 Å². The highest BCUT2D eigenvalue weighted by Gasteiger charge is 2.28. The number of hydrogen-bond acceptors (Lipinski definition) is 7. The van der Waals surface area contributed by atoms with E-state index in [1.54, 1.807) is 0 Å². The lowest BCUT2D eigenvalue weighted by Crippen LogP contribution is -2.54. The fourth-order valence-corrected chi connectivity index (χ4v) is 2.06. The van der Waals surface area contributed by atoms with Gasteiger partial charge in [-0.15, -0.1) is 0 Å². The van der Waals surface area contributed by atoms with Crippen molar-refractivity contribution in [1.82, 2.24) is 10.6 Å². The largest absolute Gasteiger partial charge is 0.481 e. The number of carbonyl (C=O) groups is 6. The minimum Gasteiger partial charge on any atom is -0.481 e. The summed E-state index contributed by atoms with van der Waals surface area (Å²) in [5, 5.41) is 22.1. The van der Waals surface area contributed by atoms with E-state index in [0.29, 0.717) is 0 Å². The first-order valence-electron chi connectivity index (χ1n) is 8.31. The van der Waals surface area contributed by atoms with Crippen molar-refractivity contribution >= 4 is 35.6 Å². The highest BCUT2D eigenvalue weighted by Crippen LogP contribution is 2.04.